The third kappa shape index (κ3) is 2.40. The Morgan fingerprint density at radius 3 is 2.89 bits per heavy atom. The molecule has 1 heterocycles. The maximum Gasteiger partial charge on any atom is 0.186 e. The van der Waals surface area contributed by atoms with Gasteiger partial charge in [0.2, 0.25) is 0 Å². The number of hydrogen-bond donors (Lipinski definition) is 0. The van der Waals surface area contributed by atoms with Crippen LogP contribution in [0.5, 0.6) is 5.75 Å². The molecule has 1 aromatic heterocycles. The van der Waals surface area contributed by atoms with Crippen LogP contribution in [0.4, 0.5) is 4.39 Å². The maximum absolute atomic E-state index is 13.2. The van der Waals surface area contributed by atoms with Crippen LogP contribution in [0.3, 0.4) is 0 Å². The minimum Gasteiger partial charge on any atom is -0.496 e. The van der Waals surface area contributed by atoms with E-state index in [1.807, 2.05) is 0 Å². The van der Waals surface area contributed by atoms with Crippen molar-refractivity contribution in [3.63, 3.8) is 0 Å². The van der Waals surface area contributed by atoms with Crippen molar-refractivity contribution in [1.82, 2.24) is 9.55 Å². The maximum atomic E-state index is 13.2. The molecule has 94 valence electrons. The molecule has 5 heteroatoms. The van der Waals surface area contributed by atoms with Gasteiger partial charge in [-0.05, 0) is 25.1 Å². The van der Waals surface area contributed by atoms with E-state index in [4.69, 9.17) is 4.74 Å². The third-order valence-electron chi connectivity index (χ3n) is 2.70. The minimum atomic E-state index is -0.457. The molecule has 2 aromatic rings. The summed E-state index contributed by atoms with van der Waals surface area (Å²) in [5.41, 5.74) is 0.241. The average molecular weight is 248 g/mol. The molecule has 0 fully saturated rings. The molecule has 0 aliphatic rings. The van der Waals surface area contributed by atoms with Crippen molar-refractivity contribution in [3.8, 4) is 5.75 Å². The number of methoxy groups -OCH3 is 1. The van der Waals surface area contributed by atoms with Crippen LogP contribution >= 0.6 is 0 Å². The van der Waals surface area contributed by atoms with E-state index < -0.39 is 5.82 Å². The zero-order valence-electron chi connectivity index (χ0n) is 10.2. The van der Waals surface area contributed by atoms with Gasteiger partial charge in [-0.1, -0.05) is 0 Å². The Labute approximate surface area is 104 Å². The number of nitrogens with zero attached hydrogens (tertiary/aromatic N) is 2. The summed E-state index contributed by atoms with van der Waals surface area (Å²) in [5, 5.41) is 0. The number of Topliss-reactive ketones (excluding diaryl/α,β-unsaturated/α-hetero) is 1. The second-order valence-electron chi connectivity index (χ2n) is 3.87. The second kappa shape index (κ2) is 5.00. The first kappa shape index (κ1) is 12.3. The van der Waals surface area contributed by atoms with Crippen molar-refractivity contribution in [2.24, 2.45) is 0 Å². The van der Waals surface area contributed by atoms with Crippen LogP contribution in [-0.4, -0.2) is 22.4 Å². The van der Waals surface area contributed by atoms with Gasteiger partial charge in [0.15, 0.2) is 5.78 Å². The highest BCUT2D eigenvalue weighted by molar-refractivity contribution is 5.98. The van der Waals surface area contributed by atoms with Crippen LogP contribution in [0.2, 0.25) is 0 Å². The quantitative estimate of drug-likeness (QED) is 0.779. The molecule has 0 unspecified atom stereocenters. The standard InChI is InChI=1S/C13H13FN2O2/c1-9-15-5-6-16(9)8-12(17)11-7-10(14)3-4-13(11)18-2/h3-7H,8H2,1-2H3. The fourth-order valence-corrected chi connectivity index (χ4v) is 1.71. The summed E-state index contributed by atoms with van der Waals surface area (Å²) in [6.07, 6.45) is 3.32. The minimum absolute atomic E-state index is 0.117. The van der Waals surface area contributed by atoms with Crippen LogP contribution in [-0.2, 0) is 6.54 Å². The molecule has 0 saturated carbocycles. The van der Waals surface area contributed by atoms with Gasteiger partial charge in [-0.3, -0.25) is 4.79 Å². The summed E-state index contributed by atoms with van der Waals surface area (Å²) >= 11 is 0. The van der Waals surface area contributed by atoms with E-state index in [0.717, 1.165) is 5.82 Å². The highest BCUT2D eigenvalue weighted by Gasteiger charge is 2.14. The molecule has 0 saturated heterocycles. The van der Waals surface area contributed by atoms with Crippen LogP contribution < -0.4 is 4.74 Å². The molecule has 0 amide bonds. The summed E-state index contributed by atoms with van der Waals surface area (Å²) < 4.78 is 19.9. The molecule has 0 N–H and O–H groups in total. The van der Waals surface area contributed by atoms with Crippen LogP contribution in [0.15, 0.2) is 30.6 Å². The van der Waals surface area contributed by atoms with Crippen LogP contribution in [0.1, 0.15) is 16.2 Å². The topological polar surface area (TPSA) is 44.1 Å². The number of aromatic nitrogens is 2. The average Bonchev–Trinajstić information content (AvgIpc) is 2.75. The predicted molar refractivity (Wildman–Crippen MR) is 64.2 cm³/mol. The van der Waals surface area contributed by atoms with Crippen molar-refractivity contribution in [3.05, 3.63) is 47.8 Å². The van der Waals surface area contributed by atoms with E-state index in [9.17, 15) is 9.18 Å². The first-order chi connectivity index (χ1) is 8.61. The highest BCUT2D eigenvalue weighted by atomic mass is 19.1. The van der Waals surface area contributed by atoms with Crippen LogP contribution in [0, 0.1) is 12.7 Å². The van der Waals surface area contributed by atoms with Gasteiger partial charge < -0.3 is 9.30 Å². The van der Waals surface area contributed by atoms with Crippen molar-refractivity contribution >= 4 is 5.78 Å². The molecule has 1 aromatic carbocycles. The lowest BCUT2D eigenvalue weighted by atomic mass is 10.1. The van der Waals surface area contributed by atoms with Crippen molar-refractivity contribution in [2.45, 2.75) is 13.5 Å². The first-order valence-corrected chi connectivity index (χ1v) is 5.46. The van der Waals surface area contributed by atoms with E-state index in [2.05, 4.69) is 4.98 Å². The zero-order chi connectivity index (χ0) is 13.1. The molecule has 2 rings (SSSR count). The Morgan fingerprint density at radius 1 is 1.50 bits per heavy atom. The number of carbonyl (C=O) groups is 1. The summed E-state index contributed by atoms with van der Waals surface area (Å²) in [7, 11) is 1.45. The number of imidazole rings is 1. The molecular weight excluding hydrogens is 235 g/mol. The summed E-state index contributed by atoms with van der Waals surface area (Å²) in [6.45, 7) is 1.92. The number of ketones is 1. The lowest BCUT2D eigenvalue weighted by Gasteiger charge is -2.09. The number of aryl methyl sites for hydroxylation is 1. The number of carbonyl (C=O) groups excluding carboxylic acids is 1. The van der Waals surface area contributed by atoms with Gasteiger partial charge >= 0.3 is 0 Å². The van der Waals surface area contributed by atoms with Crippen molar-refractivity contribution in [2.75, 3.05) is 7.11 Å². The van der Waals surface area contributed by atoms with Gasteiger partial charge in [0.1, 0.15) is 17.4 Å². The Kier molecular flexibility index (Phi) is 3.41. The summed E-state index contributed by atoms with van der Waals surface area (Å²) in [4.78, 5) is 16.1. The zero-order valence-corrected chi connectivity index (χ0v) is 10.2. The van der Waals surface area contributed by atoms with Gasteiger partial charge in [-0.25, -0.2) is 9.37 Å². The fourth-order valence-electron chi connectivity index (χ4n) is 1.71. The molecule has 18 heavy (non-hydrogen) atoms. The number of hydrogen-bond acceptors (Lipinski definition) is 3. The highest BCUT2D eigenvalue weighted by Crippen LogP contribution is 2.20. The lowest BCUT2D eigenvalue weighted by Crippen LogP contribution is -2.12. The van der Waals surface area contributed by atoms with Crippen LogP contribution in [0.25, 0.3) is 0 Å². The van der Waals surface area contributed by atoms with E-state index in [0.29, 0.717) is 5.75 Å². The predicted octanol–water partition coefficient (Wildman–Crippen LogP) is 2.22. The van der Waals surface area contributed by atoms with E-state index in [1.54, 1.807) is 23.9 Å². The Balaban J connectivity index is 2.29. The molecule has 0 bridgehead atoms. The molecule has 0 aliphatic carbocycles. The van der Waals surface area contributed by atoms with E-state index >= 15 is 0 Å². The molecule has 0 spiro atoms. The van der Waals surface area contributed by atoms with Crippen molar-refractivity contribution in [1.29, 1.82) is 0 Å². The molecule has 0 radical (unpaired) electrons. The monoisotopic (exact) mass is 248 g/mol. The third-order valence-corrected chi connectivity index (χ3v) is 2.70. The number of ether oxygens (including phenoxy) is 1. The first-order valence-electron chi connectivity index (χ1n) is 5.46. The van der Waals surface area contributed by atoms with E-state index in [-0.39, 0.29) is 17.9 Å². The summed E-state index contributed by atoms with van der Waals surface area (Å²) in [6, 6.07) is 3.90. The second-order valence-corrected chi connectivity index (χ2v) is 3.87. The molecule has 4 nitrogen and oxygen atoms in total. The van der Waals surface area contributed by atoms with Gasteiger partial charge in [0, 0.05) is 12.4 Å². The molecule has 0 atom stereocenters. The largest absolute Gasteiger partial charge is 0.496 e. The van der Waals surface area contributed by atoms with Gasteiger partial charge in [-0.2, -0.15) is 0 Å². The van der Waals surface area contributed by atoms with Gasteiger partial charge in [0.05, 0.1) is 19.2 Å². The van der Waals surface area contributed by atoms with Gasteiger partial charge in [-0.15, -0.1) is 0 Å². The van der Waals surface area contributed by atoms with Gasteiger partial charge in [0.25, 0.3) is 0 Å². The SMILES string of the molecule is COc1ccc(F)cc1C(=O)Cn1ccnc1C. The smallest absolute Gasteiger partial charge is 0.186 e. The van der Waals surface area contributed by atoms with Crippen molar-refractivity contribution < 1.29 is 13.9 Å². The fraction of sp³-hybridized carbons (Fsp3) is 0.231. The Morgan fingerprint density at radius 2 is 2.28 bits per heavy atom. The molecular formula is C13H13FN2O2. The Hall–Kier alpha value is -2.17. The lowest BCUT2D eigenvalue weighted by molar-refractivity contribution is 0.0968. The normalized spacial score (nSPS) is 10.4. The number of halogens is 1. The van der Waals surface area contributed by atoms with E-state index in [1.165, 1.54) is 25.3 Å². The number of rotatable bonds is 4. The summed E-state index contributed by atoms with van der Waals surface area (Å²) in [5.74, 6) is 0.437. The number of benzene rings is 1. The molecule has 0 aliphatic heterocycles. The Bertz CT molecular complexity index is 578.